The van der Waals surface area contributed by atoms with Crippen LogP contribution in [0.5, 0.6) is 0 Å². The molecular formula is C16H21N3O. The maximum absolute atomic E-state index is 5.86. The van der Waals surface area contributed by atoms with Crippen LogP contribution in [0.15, 0.2) is 34.7 Å². The third-order valence-electron chi connectivity index (χ3n) is 3.71. The molecule has 0 unspecified atom stereocenters. The van der Waals surface area contributed by atoms with Crippen molar-refractivity contribution in [3.63, 3.8) is 0 Å². The van der Waals surface area contributed by atoms with Gasteiger partial charge < -0.3 is 9.32 Å². The highest BCUT2D eigenvalue weighted by Gasteiger charge is 2.28. The van der Waals surface area contributed by atoms with Crippen LogP contribution in [0.2, 0.25) is 0 Å². The van der Waals surface area contributed by atoms with Crippen LogP contribution in [0.4, 0.5) is 0 Å². The second-order valence-corrected chi connectivity index (χ2v) is 5.95. The molecule has 0 radical (unpaired) electrons. The lowest BCUT2D eigenvalue weighted by atomic mass is 10.1. The molecular weight excluding hydrogens is 250 g/mol. The molecule has 1 saturated heterocycles. The fourth-order valence-corrected chi connectivity index (χ4v) is 2.81. The highest BCUT2D eigenvalue weighted by atomic mass is 16.4. The first-order valence-electron chi connectivity index (χ1n) is 7.33. The van der Waals surface area contributed by atoms with Gasteiger partial charge in [-0.2, -0.15) is 0 Å². The summed E-state index contributed by atoms with van der Waals surface area (Å²) >= 11 is 0. The van der Waals surface area contributed by atoms with Crippen molar-refractivity contribution in [2.75, 3.05) is 19.6 Å². The number of aromatic nitrogens is 2. The van der Waals surface area contributed by atoms with E-state index in [-0.39, 0.29) is 0 Å². The first-order chi connectivity index (χ1) is 9.72. The Labute approximate surface area is 119 Å². The molecule has 2 heterocycles. The number of benzene rings is 1. The third-order valence-corrected chi connectivity index (χ3v) is 3.71. The summed E-state index contributed by atoms with van der Waals surface area (Å²) < 4.78 is 5.86. The van der Waals surface area contributed by atoms with Crippen LogP contribution in [-0.4, -0.2) is 34.7 Å². The van der Waals surface area contributed by atoms with Crippen molar-refractivity contribution in [1.29, 1.82) is 0 Å². The Morgan fingerprint density at radius 1 is 1.25 bits per heavy atom. The molecule has 4 heteroatoms. The summed E-state index contributed by atoms with van der Waals surface area (Å²) in [5.41, 5.74) is 0.989. The molecule has 1 aromatic carbocycles. The summed E-state index contributed by atoms with van der Waals surface area (Å²) in [4.78, 5) is 2.49. The van der Waals surface area contributed by atoms with Crippen molar-refractivity contribution in [2.45, 2.75) is 26.2 Å². The summed E-state index contributed by atoms with van der Waals surface area (Å²) in [6.07, 6.45) is 1.11. The van der Waals surface area contributed by atoms with E-state index in [4.69, 9.17) is 4.42 Å². The van der Waals surface area contributed by atoms with E-state index < -0.39 is 0 Å². The zero-order chi connectivity index (χ0) is 13.9. The zero-order valence-corrected chi connectivity index (χ0v) is 12.1. The van der Waals surface area contributed by atoms with E-state index in [1.54, 1.807) is 0 Å². The van der Waals surface area contributed by atoms with Gasteiger partial charge >= 0.3 is 0 Å². The van der Waals surface area contributed by atoms with E-state index >= 15 is 0 Å². The average Bonchev–Trinajstić information content (AvgIpc) is 3.07. The van der Waals surface area contributed by atoms with Crippen LogP contribution in [0.25, 0.3) is 11.5 Å². The number of rotatable bonds is 4. The van der Waals surface area contributed by atoms with Crippen molar-refractivity contribution in [1.82, 2.24) is 15.1 Å². The molecule has 0 saturated carbocycles. The molecule has 0 aliphatic carbocycles. The lowest BCUT2D eigenvalue weighted by molar-refractivity contribution is 0.290. The Bertz CT molecular complexity index is 550. The van der Waals surface area contributed by atoms with Gasteiger partial charge in [0.2, 0.25) is 11.8 Å². The molecule has 1 aromatic heterocycles. The fourth-order valence-electron chi connectivity index (χ4n) is 2.81. The van der Waals surface area contributed by atoms with E-state index in [9.17, 15) is 0 Å². The smallest absolute Gasteiger partial charge is 0.247 e. The summed E-state index contributed by atoms with van der Waals surface area (Å²) in [5.74, 6) is 2.51. The maximum atomic E-state index is 5.86. The number of nitrogens with zero attached hydrogens (tertiary/aromatic N) is 3. The average molecular weight is 271 g/mol. The molecule has 0 bridgehead atoms. The largest absolute Gasteiger partial charge is 0.420 e. The highest BCUT2D eigenvalue weighted by molar-refractivity contribution is 5.51. The third kappa shape index (κ3) is 2.90. The molecule has 1 aliphatic rings. The van der Waals surface area contributed by atoms with Crippen LogP contribution >= 0.6 is 0 Å². The van der Waals surface area contributed by atoms with E-state index in [0.717, 1.165) is 37.5 Å². The van der Waals surface area contributed by atoms with Crippen LogP contribution < -0.4 is 0 Å². The molecule has 1 atom stereocenters. The molecule has 1 fully saturated rings. The monoisotopic (exact) mass is 271 g/mol. The molecule has 0 spiro atoms. The molecule has 1 aliphatic heterocycles. The highest BCUT2D eigenvalue weighted by Crippen LogP contribution is 2.28. The SMILES string of the molecule is CC(C)CN1CC[C@H](c2nnc(-c3ccccc3)o2)C1. The second kappa shape index (κ2) is 5.75. The van der Waals surface area contributed by atoms with Gasteiger partial charge in [0.05, 0.1) is 5.92 Å². The van der Waals surface area contributed by atoms with E-state index in [2.05, 4.69) is 28.9 Å². The van der Waals surface area contributed by atoms with Gasteiger partial charge in [-0.25, -0.2) is 0 Å². The Hall–Kier alpha value is -1.68. The number of hydrogen-bond acceptors (Lipinski definition) is 4. The minimum absolute atomic E-state index is 0.388. The van der Waals surface area contributed by atoms with Gasteiger partial charge in [-0.3, -0.25) is 0 Å². The van der Waals surface area contributed by atoms with Crippen LogP contribution in [0.3, 0.4) is 0 Å². The van der Waals surface area contributed by atoms with Gasteiger partial charge in [0.1, 0.15) is 0 Å². The molecule has 20 heavy (non-hydrogen) atoms. The van der Waals surface area contributed by atoms with Crippen molar-refractivity contribution in [2.24, 2.45) is 5.92 Å². The Kier molecular flexibility index (Phi) is 3.83. The predicted molar refractivity (Wildman–Crippen MR) is 78.4 cm³/mol. The first-order valence-corrected chi connectivity index (χ1v) is 7.33. The predicted octanol–water partition coefficient (Wildman–Crippen LogP) is 3.18. The van der Waals surface area contributed by atoms with E-state index in [1.165, 1.54) is 0 Å². The minimum atomic E-state index is 0.388. The Morgan fingerprint density at radius 3 is 2.80 bits per heavy atom. The lowest BCUT2D eigenvalue weighted by Crippen LogP contribution is -2.24. The van der Waals surface area contributed by atoms with Crippen LogP contribution in [-0.2, 0) is 0 Å². The Balaban J connectivity index is 1.69. The topological polar surface area (TPSA) is 42.2 Å². The second-order valence-electron chi connectivity index (χ2n) is 5.95. The quantitative estimate of drug-likeness (QED) is 0.856. The molecule has 2 aromatic rings. The fraction of sp³-hybridized carbons (Fsp3) is 0.500. The molecule has 0 N–H and O–H groups in total. The summed E-state index contributed by atoms with van der Waals surface area (Å²) in [7, 11) is 0. The van der Waals surface area contributed by atoms with Gasteiger partial charge in [0.15, 0.2) is 0 Å². The molecule has 4 nitrogen and oxygen atoms in total. The zero-order valence-electron chi connectivity index (χ0n) is 12.1. The van der Waals surface area contributed by atoms with Crippen LogP contribution in [0, 0.1) is 5.92 Å². The first kappa shape index (κ1) is 13.3. The van der Waals surface area contributed by atoms with Crippen molar-refractivity contribution in [3.8, 4) is 11.5 Å². The van der Waals surface area contributed by atoms with Crippen molar-refractivity contribution in [3.05, 3.63) is 36.2 Å². The molecule has 106 valence electrons. The van der Waals surface area contributed by atoms with Gasteiger partial charge in [-0.15, -0.1) is 10.2 Å². The van der Waals surface area contributed by atoms with E-state index in [0.29, 0.717) is 17.7 Å². The number of hydrogen-bond donors (Lipinski definition) is 0. The van der Waals surface area contributed by atoms with Gasteiger partial charge in [0.25, 0.3) is 0 Å². The normalized spacial score (nSPS) is 19.9. The lowest BCUT2D eigenvalue weighted by Gasteiger charge is -2.17. The molecule has 0 amide bonds. The minimum Gasteiger partial charge on any atom is -0.420 e. The maximum Gasteiger partial charge on any atom is 0.247 e. The van der Waals surface area contributed by atoms with Gasteiger partial charge in [0, 0.05) is 18.7 Å². The van der Waals surface area contributed by atoms with Crippen molar-refractivity contribution < 1.29 is 4.42 Å². The van der Waals surface area contributed by atoms with Gasteiger partial charge in [-0.05, 0) is 31.0 Å². The van der Waals surface area contributed by atoms with Crippen LogP contribution in [0.1, 0.15) is 32.1 Å². The molecule has 3 rings (SSSR count). The van der Waals surface area contributed by atoms with Gasteiger partial charge in [-0.1, -0.05) is 32.0 Å². The summed E-state index contributed by atoms with van der Waals surface area (Å²) in [5, 5.41) is 8.43. The summed E-state index contributed by atoms with van der Waals surface area (Å²) in [6.45, 7) is 7.83. The van der Waals surface area contributed by atoms with Crippen molar-refractivity contribution >= 4 is 0 Å². The Morgan fingerprint density at radius 2 is 2.05 bits per heavy atom. The standard InChI is InChI=1S/C16H21N3O/c1-12(2)10-19-9-8-14(11-19)16-18-17-15(20-16)13-6-4-3-5-7-13/h3-7,12,14H,8-11H2,1-2H3/t14-/m0/s1. The number of likely N-dealkylation sites (tertiary alicyclic amines) is 1. The summed E-state index contributed by atoms with van der Waals surface area (Å²) in [6, 6.07) is 9.95. The van der Waals surface area contributed by atoms with E-state index in [1.807, 2.05) is 30.3 Å².